The molecule has 1 atom stereocenters. The van der Waals surface area contributed by atoms with E-state index in [-0.39, 0.29) is 6.42 Å². The first-order chi connectivity index (χ1) is 7.49. The van der Waals surface area contributed by atoms with Crippen molar-refractivity contribution in [1.82, 2.24) is 0 Å². The molecular weight excluding hydrogens is 214 g/mol. The zero-order valence-electron chi connectivity index (χ0n) is 9.52. The molecule has 7 heteroatoms. The van der Waals surface area contributed by atoms with E-state index in [0.29, 0.717) is 26.1 Å². The minimum Gasteiger partial charge on any atom is -0.391 e. The van der Waals surface area contributed by atoms with Gasteiger partial charge in [-0.1, -0.05) is 0 Å². The van der Waals surface area contributed by atoms with Crippen molar-refractivity contribution in [2.24, 2.45) is 17.2 Å². The normalized spacial score (nSPS) is 11.1. The Balaban J connectivity index is 0. The lowest BCUT2D eigenvalue weighted by atomic mass is 10.3. The van der Waals surface area contributed by atoms with Crippen LogP contribution in [0.3, 0.4) is 0 Å². The predicted molar refractivity (Wildman–Crippen MR) is 59.2 cm³/mol. The molecule has 0 spiro atoms. The topological polar surface area (TPSA) is 142 Å². The molecule has 0 aliphatic rings. The van der Waals surface area contributed by atoms with Crippen molar-refractivity contribution in [1.29, 1.82) is 0 Å². The zero-order valence-corrected chi connectivity index (χ0v) is 9.52. The second-order valence-corrected chi connectivity index (χ2v) is 2.94. The van der Waals surface area contributed by atoms with Gasteiger partial charge in [-0.15, -0.1) is 0 Å². The van der Waals surface area contributed by atoms with E-state index in [1.54, 1.807) is 0 Å². The lowest BCUT2D eigenvalue weighted by Gasteiger charge is -2.03. The van der Waals surface area contributed by atoms with Gasteiger partial charge in [0.2, 0.25) is 0 Å². The van der Waals surface area contributed by atoms with Crippen LogP contribution in [-0.4, -0.2) is 42.8 Å². The average Bonchev–Trinajstić information content (AvgIpc) is 2.26. The van der Waals surface area contributed by atoms with Gasteiger partial charge < -0.3 is 27.0 Å². The maximum Gasteiger partial charge on any atom is 0.342 e. The molecule has 0 fully saturated rings. The highest BCUT2D eigenvalue weighted by Gasteiger charge is 2.14. The van der Waals surface area contributed by atoms with E-state index in [1.165, 1.54) is 6.92 Å². The van der Waals surface area contributed by atoms with Crippen molar-refractivity contribution in [2.75, 3.05) is 19.6 Å². The molecule has 0 aromatic heterocycles. The van der Waals surface area contributed by atoms with Crippen molar-refractivity contribution >= 4 is 11.9 Å². The monoisotopic (exact) mass is 235 g/mol. The molecule has 16 heavy (non-hydrogen) atoms. The summed E-state index contributed by atoms with van der Waals surface area (Å²) in [4.78, 5) is 21.3. The number of carbonyl (C=O) groups excluding carboxylic acids is 2. The Morgan fingerprint density at radius 1 is 1.19 bits per heavy atom. The quantitative estimate of drug-likeness (QED) is 0.321. The van der Waals surface area contributed by atoms with Gasteiger partial charge in [0.1, 0.15) is 6.10 Å². The van der Waals surface area contributed by atoms with Crippen LogP contribution >= 0.6 is 0 Å². The van der Waals surface area contributed by atoms with Crippen LogP contribution in [0.15, 0.2) is 0 Å². The summed E-state index contributed by atoms with van der Waals surface area (Å²) in [6.07, 6.45) is -0.673. The number of carbonyl (C=O) groups is 2. The second kappa shape index (κ2) is 12.1. The fraction of sp³-hybridized carbons (Fsp3) is 0.778. The Kier molecular flexibility index (Phi) is 13.1. The van der Waals surface area contributed by atoms with Crippen LogP contribution in [0.5, 0.6) is 0 Å². The lowest BCUT2D eigenvalue weighted by Crippen LogP contribution is -2.23. The van der Waals surface area contributed by atoms with Gasteiger partial charge in [0.15, 0.2) is 0 Å². The summed E-state index contributed by atoms with van der Waals surface area (Å²) in [5.74, 6) is -1.57. The van der Waals surface area contributed by atoms with Gasteiger partial charge in [-0.3, -0.25) is 4.79 Å². The van der Waals surface area contributed by atoms with Crippen LogP contribution in [0, 0.1) is 0 Å². The van der Waals surface area contributed by atoms with Gasteiger partial charge in [-0.2, -0.15) is 0 Å². The molecule has 0 heterocycles. The molecular formula is C9H21N3O4. The first-order valence-corrected chi connectivity index (χ1v) is 5.02. The molecule has 0 amide bonds. The molecule has 96 valence electrons. The molecule has 0 bridgehead atoms. The molecule has 0 saturated carbocycles. The minimum atomic E-state index is -1.26. The maximum absolute atomic E-state index is 10.7. The Labute approximate surface area is 94.9 Å². The minimum absolute atomic E-state index is 0.106. The van der Waals surface area contributed by atoms with E-state index in [2.05, 4.69) is 4.74 Å². The highest BCUT2D eigenvalue weighted by molar-refractivity contribution is 5.87. The molecule has 0 saturated heterocycles. The fourth-order valence-electron chi connectivity index (χ4n) is 0.495. The van der Waals surface area contributed by atoms with Crippen molar-refractivity contribution in [3.8, 4) is 0 Å². The molecule has 7 nitrogen and oxygen atoms in total. The van der Waals surface area contributed by atoms with Crippen LogP contribution in [0.1, 0.15) is 19.8 Å². The van der Waals surface area contributed by atoms with Crippen molar-refractivity contribution in [2.45, 2.75) is 25.9 Å². The number of hydrogen-bond donors (Lipinski definition) is 4. The Hall–Kier alpha value is -1.02. The van der Waals surface area contributed by atoms with Crippen LogP contribution < -0.4 is 17.2 Å². The SMILES string of the molecule is CC(O)C(=O)OC(=O)CCCN.NCCN. The third-order valence-electron chi connectivity index (χ3n) is 1.31. The first-order valence-electron chi connectivity index (χ1n) is 5.02. The van der Waals surface area contributed by atoms with Gasteiger partial charge in [-0.05, 0) is 19.9 Å². The molecule has 0 aliphatic carbocycles. The van der Waals surface area contributed by atoms with Crippen LogP contribution in [0.4, 0.5) is 0 Å². The summed E-state index contributed by atoms with van der Waals surface area (Å²) in [6.45, 7) is 2.80. The number of aliphatic hydroxyl groups excluding tert-OH is 1. The Bertz CT molecular complexity index is 195. The number of ether oxygens (including phenoxy) is 1. The molecule has 0 aromatic rings. The Morgan fingerprint density at radius 2 is 1.69 bits per heavy atom. The smallest absolute Gasteiger partial charge is 0.342 e. The van der Waals surface area contributed by atoms with E-state index in [9.17, 15) is 9.59 Å². The summed E-state index contributed by atoms with van der Waals surface area (Å²) in [5.41, 5.74) is 14.9. The highest BCUT2D eigenvalue weighted by Crippen LogP contribution is 1.94. The van der Waals surface area contributed by atoms with Crippen molar-refractivity contribution in [3.05, 3.63) is 0 Å². The number of hydrogen-bond acceptors (Lipinski definition) is 7. The molecule has 0 rings (SSSR count). The van der Waals surface area contributed by atoms with E-state index in [4.69, 9.17) is 22.3 Å². The molecule has 0 aromatic carbocycles. The van der Waals surface area contributed by atoms with Crippen LogP contribution in [-0.2, 0) is 14.3 Å². The lowest BCUT2D eigenvalue weighted by molar-refractivity contribution is -0.165. The number of esters is 2. The second-order valence-electron chi connectivity index (χ2n) is 2.94. The molecule has 1 unspecified atom stereocenters. The van der Waals surface area contributed by atoms with Gasteiger partial charge >= 0.3 is 11.9 Å². The van der Waals surface area contributed by atoms with Crippen LogP contribution in [0.25, 0.3) is 0 Å². The average molecular weight is 235 g/mol. The fourth-order valence-corrected chi connectivity index (χ4v) is 0.495. The Morgan fingerprint density at radius 3 is 2.00 bits per heavy atom. The van der Waals surface area contributed by atoms with Gasteiger partial charge in [0.25, 0.3) is 0 Å². The molecule has 0 radical (unpaired) electrons. The van der Waals surface area contributed by atoms with Crippen molar-refractivity contribution in [3.63, 3.8) is 0 Å². The summed E-state index contributed by atoms with van der Waals surface area (Å²) in [7, 11) is 0. The first kappa shape index (κ1) is 17.4. The summed E-state index contributed by atoms with van der Waals surface area (Å²) in [5, 5.41) is 8.64. The number of rotatable bonds is 5. The third kappa shape index (κ3) is 13.0. The maximum atomic E-state index is 10.7. The van der Waals surface area contributed by atoms with E-state index >= 15 is 0 Å². The van der Waals surface area contributed by atoms with E-state index < -0.39 is 18.0 Å². The largest absolute Gasteiger partial charge is 0.391 e. The molecule has 7 N–H and O–H groups in total. The summed E-state index contributed by atoms with van der Waals surface area (Å²) >= 11 is 0. The van der Waals surface area contributed by atoms with Gasteiger partial charge in [-0.25, -0.2) is 4.79 Å². The predicted octanol–water partition coefficient (Wildman–Crippen LogP) is -1.92. The summed E-state index contributed by atoms with van der Waals surface area (Å²) < 4.78 is 4.23. The van der Waals surface area contributed by atoms with E-state index in [1.807, 2.05) is 0 Å². The number of aliphatic hydroxyl groups is 1. The third-order valence-corrected chi connectivity index (χ3v) is 1.31. The van der Waals surface area contributed by atoms with E-state index in [0.717, 1.165) is 0 Å². The molecule has 0 aliphatic heterocycles. The standard InChI is InChI=1S/C7H13NO4.C2H8N2/c1-5(9)7(11)12-6(10)3-2-4-8;3-1-2-4/h5,9H,2-4,8H2,1H3;1-4H2. The van der Waals surface area contributed by atoms with Crippen LogP contribution in [0.2, 0.25) is 0 Å². The zero-order chi connectivity index (χ0) is 13.0. The number of nitrogens with two attached hydrogens (primary N) is 3. The highest BCUT2D eigenvalue weighted by atomic mass is 16.6. The van der Waals surface area contributed by atoms with Crippen molar-refractivity contribution < 1.29 is 19.4 Å². The summed E-state index contributed by atoms with van der Waals surface area (Å²) in [6, 6.07) is 0. The van der Waals surface area contributed by atoms with Gasteiger partial charge in [0, 0.05) is 19.5 Å². The van der Waals surface area contributed by atoms with Gasteiger partial charge in [0.05, 0.1) is 0 Å².